The molecule has 0 fully saturated rings. The standard InChI is InChI=1S/C17H17N5OS3/c1-4-12-10(2)25-8-13(12)15-20-21-17(22(15)3)26-9-14(23)19-16-11(7-18)5-6-24-16/h5-6,8H,4,9H2,1-3H3,(H,19,23). The predicted molar refractivity (Wildman–Crippen MR) is 107 cm³/mol. The van der Waals surface area contributed by atoms with Crippen molar-refractivity contribution in [3.8, 4) is 17.5 Å². The molecule has 0 aliphatic rings. The van der Waals surface area contributed by atoms with Crippen LogP contribution in [0.3, 0.4) is 0 Å². The lowest BCUT2D eigenvalue weighted by Gasteiger charge is -2.05. The smallest absolute Gasteiger partial charge is 0.235 e. The molecule has 0 spiro atoms. The lowest BCUT2D eigenvalue weighted by Crippen LogP contribution is -2.14. The van der Waals surface area contributed by atoms with Gasteiger partial charge in [0, 0.05) is 22.9 Å². The van der Waals surface area contributed by atoms with Gasteiger partial charge >= 0.3 is 0 Å². The van der Waals surface area contributed by atoms with Gasteiger partial charge in [0.15, 0.2) is 11.0 Å². The lowest BCUT2D eigenvalue weighted by molar-refractivity contribution is -0.113. The van der Waals surface area contributed by atoms with Gasteiger partial charge in [-0.1, -0.05) is 18.7 Å². The SMILES string of the molecule is CCc1c(-c2nnc(SCC(=O)Nc3sccc3C#N)n2C)csc1C. The van der Waals surface area contributed by atoms with Crippen molar-refractivity contribution in [2.24, 2.45) is 7.05 Å². The quantitative estimate of drug-likeness (QED) is 0.627. The van der Waals surface area contributed by atoms with E-state index in [-0.39, 0.29) is 11.7 Å². The van der Waals surface area contributed by atoms with Gasteiger partial charge in [0.2, 0.25) is 5.91 Å². The monoisotopic (exact) mass is 403 g/mol. The fraction of sp³-hybridized carbons (Fsp3) is 0.294. The molecular formula is C17H17N5OS3. The number of nitrogens with one attached hydrogen (secondary N) is 1. The van der Waals surface area contributed by atoms with Crippen LogP contribution in [-0.2, 0) is 18.3 Å². The minimum absolute atomic E-state index is 0.167. The normalized spacial score (nSPS) is 10.7. The molecule has 0 radical (unpaired) electrons. The number of thioether (sulfide) groups is 1. The van der Waals surface area contributed by atoms with Crippen molar-refractivity contribution in [2.45, 2.75) is 25.4 Å². The van der Waals surface area contributed by atoms with Crippen molar-refractivity contribution in [1.82, 2.24) is 14.8 Å². The minimum Gasteiger partial charge on any atom is -0.316 e. The van der Waals surface area contributed by atoms with E-state index < -0.39 is 0 Å². The van der Waals surface area contributed by atoms with Crippen molar-refractivity contribution in [1.29, 1.82) is 5.26 Å². The third-order valence-electron chi connectivity index (χ3n) is 3.90. The summed E-state index contributed by atoms with van der Waals surface area (Å²) >= 11 is 4.38. The van der Waals surface area contributed by atoms with Crippen molar-refractivity contribution < 1.29 is 4.79 Å². The number of rotatable bonds is 6. The first-order chi connectivity index (χ1) is 12.5. The zero-order chi connectivity index (χ0) is 18.7. The molecule has 0 saturated heterocycles. The van der Waals surface area contributed by atoms with Gasteiger partial charge in [0.25, 0.3) is 0 Å². The Morgan fingerprint density at radius 3 is 2.96 bits per heavy atom. The van der Waals surface area contributed by atoms with Crippen LogP contribution in [0.15, 0.2) is 22.0 Å². The van der Waals surface area contributed by atoms with E-state index in [9.17, 15) is 4.79 Å². The first kappa shape index (κ1) is 18.6. The number of nitrogens with zero attached hydrogens (tertiary/aromatic N) is 4. The van der Waals surface area contributed by atoms with Gasteiger partial charge in [-0.15, -0.1) is 32.9 Å². The zero-order valence-electron chi connectivity index (χ0n) is 14.6. The highest BCUT2D eigenvalue weighted by molar-refractivity contribution is 7.99. The van der Waals surface area contributed by atoms with Gasteiger partial charge in [-0.05, 0) is 30.4 Å². The molecule has 134 valence electrons. The van der Waals surface area contributed by atoms with Gasteiger partial charge in [-0.3, -0.25) is 4.79 Å². The molecule has 1 N–H and O–H groups in total. The molecule has 0 aliphatic heterocycles. The molecule has 26 heavy (non-hydrogen) atoms. The number of amides is 1. The first-order valence-corrected chi connectivity index (χ1v) is 10.7. The van der Waals surface area contributed by atoms with Crippen molar-refractivity contribution >= 4 is 45.3 Å². The van der Waals surface area contributed by atoms with E-state index >= 15 is 0 Å². The third kappa shape index (κ3) is 3.67. The van der Waals surface area contributed by atoms with Gasteiger partial charge in [0.1, 0.15) is 11.1 Å². The van der Waals surface area contributed by atoms with Crippen LogP contribution in [0.5, 0.6) is 0 Å². The maximum Gasteiger partial charge on any atom is 0.235 e. The maximum absolute atomic E-state index is 12.2. The molecule has 9 heteroatoms. The van der Waals surface area contributed by atoms with Crippen LogP contribution in [0.4, 0.5) is 5.00 Å². The van der Waals surface area contributed by atoms with Gasteiger partial charge in [-0.25, -0.2) is 0 Å². The van der Waals surface area contributed by atoms with Crippen LogP contribution in [-0.4, -0.2) is 26.4 Å². The highest BCUT2D eigenvalue weighted by Gasteiger charge is 2.17. The molecule has 3 heterocycles. The van der Waals surface area contributed by atoms with E-state index in [4.69, 9.17) is 5.26 Å². The van der Waals surface area contributed by atoms with E-state index in [0.29, 0.717) is 15.7 Å². The van der Waals surface area contributed by atoms with Crippen LogP contribution >= 0.6 is 34.4 Å². The van der Waals surface area contributed by atoms with E-state index in [1.54, 1.807) is 22.8 Å². The minimum atomic E-state index is -0.167. The van der Waals surface area contributed by atoms with E-state index in [0.717, 1.165) is 17.8 Å². The number of nitriles is 1. The summed E-state index contributed by atoms with van der Waals surface area (Å²) in [7, 11) is 1.91. The Hall–Kier alpha value is -2.15. The Labute approximate surface area is 163 Å². The van der Waals surface area contributed by atoms with Crippen LogP contribution in [0.25, 0.3) is 11.4 Å². The van der Waals surface area contributed by atoms with Gasteiger partial charge in [0.05, 0.1) is 11.3 Å². The van der Waals surface area contributed by atoms with Crippen molar-refractivity contribution in [3.05, 3.63) is 32.8 Å². The Bertz CT molecular complexity index is 979. The molecular weight excluding hydrogens is 386 g/mol. The fourth-order valence-corrected chi connectivity index (χ4v) is 4.97. The molecule has 1 amide bonds. The summed E-state index contributed by atoms with van der Waals surface area (Å²) < 4.78 is 1.92. The zero-order valence-corrected chi connectivity index (χ0v) is 17.0. The van der Waals surface area contributed by atoms with Crippen LogP contribution in [0, 0.1) is 18.3 Å². The summed E-state index contributed by atoms with van der Waals surface area (Å²) in [5.41, 5.74) is 2.88. The number of aromatic nitrogens is 3. The third-order valence-corrected chi connectivity index (χ3v) is 6.71. The number of hydrogen-bond donors (Lipinski definition) is 1. The summed E-state index contributed by atoms with van der Waals surface area (Å²) in [5.74, 6) is 0.858. The number of aryl methyl sites for hydroxylation is 1. The molecule has 0 aliphatic carbocycles. The first-order valence-electron chi connectivity index (χ1n) is 7.92. The molecule has 3 aromatic heterocycles. The second-order valence-corrected chi connectivity index (χ2v) is 8.46. The Balaban J connectivity index is 1.69. The van der Waals surface area contributed by atoms with Crippen molar-refractivity contribution in [3.63, 3.8) is 0 Å². The highest BCUT2D eigenvalue weighted by atomic mass is 32.2. The molecule has 3 rings (SSSR count). The average molecular weight is 404 g/mol. The Morgan fingerprint density at radius 1 is 1.42 bits per heavy atom. The van der Waals surface area contributed by atoms with E-state index in [1.165, 1.54) is 33.5 Å². The van der Waals surface area contributed by atoms with Crippen LogP contribution in [0.2, 0.25) is 0 Å². The molecule has 0 aromatic carbocycles. The number of carbonyl (C=O) groups is 1. The highest BCUT2D eigenvalue weighted by Crippen LogP contribution is 2.32. The van der Waals surface area contributed by atoms with Crippen LogP contribution in [0.1, 0.15) is 22.9 Å². The summed E-state index contributed by atoms with van der Waals surface area (Å²) in [6, 6.07) is 3.75. The van der Waals surface area contributed by atoms with E-state index in [2.05, 4.69) is 40.8 Å². The fourth-order valence-electron chi connectivity index (χ4n) is 2.57. The second-order valence-electron chi connectivity index (χ2n) is 5.51. The summed E-state index contributed by atoms with van der Waals surface area (Å²) in [6.45, 7) is 4.25. The van der Waals surface area contributed by atoms with Crippen molar-refractivity contribution in [2.75, 3.05) is 11.1 Å². The lowest BCUT2D eigenvalue weighted by atomic mass is 10.1. The molecule has 3 aromatic rings. The summed E-state index contributed by atoms with van der Waals surface area (Å²) in [6.07, 6.45) is 0.949. The predicted octanol–water partition coefficient (Wildman–Crippen LogP) is 4.08. The molecule has 0 unspecified atom stereocenters. The summed E-state index contributed by atoms with van der Waals surface area (Å²) in [5, 5.41) is 25.5. The van der Waals surface area contributed by atoms with E-state index in [1.807, 2.05) is 11.6 Å². The molecule has 0 bridgehead atoms. The maximum atomic E-state index is 12.2. The van der Waals surface area contributed by atoms with Gasteiger partial charge < -0.3 is 9.88 Å². The topological polar surface area (TPSA) is 83.6 Å². The summed E-state index contributed by atoms with van der Waals surface area (Å²) in [4.78, 5) is 13.4. The number of anilines is 1. The largest absolute Gasteiger partial charge is 0.316 e. The molecule has 0 saturated carbocycles. The number of hydrogen-bond acceptors (Lipinski definition) is 7. The Kier molecular flexibility index (Phi) is 5.76. The number of carbonyl (C=O) groups excluding carboxylic acids is 1. The number of thiophene rings is 2. The Morgan fingerprint density at radius 2 is 2.23 bits per heavy atom. The van der Waals surface area contributed by atoms with Crippen LogP contribution < -0.4 is 5.32 Å². The second kappa shape index (κ2) is 8.03. The van der Waals surface area contributed by atoms with Gasteiger partial charge in [-0.2, -0.15) is 5.26 Å². The molecule has 0 atom stereocenters. The molecule has 6 nitrogen and oxygen atoms in total. The average Bonchev–Trinajstić information content (AvgIpc) is 3.32.